The standard InChI is InChI=1S/C60H114O15/c1-5-9-13-17-21-25-29-33-37-41-47(61)45(39-35-31-27-23-19-15-11-7-3)57(69)71-43-49-51(63)53(65)55(67)59(73-49)75-60-56(68)54(66)52(64)50(74-60)44-72-58(70)46(40-36-32-28-24-20-16-12-8-4)48(62)42-38-34-30-26-22-18-14-10-6-2/h45-56,59-68H,5-44H2,1-4H3/t45-,46-,47-,48-,49-,50-,51-,52-,53+,54+,55-,56-,59-,60-/m1/s1. The predicted molar refractivity (Wildman–Crippen MR) is 294 cm³/mol. The number of carbonyl (C=O) groups excluding carboxylic acids is 2. The van der Waals surface area contributed by atoms with E-state index in [2.05, 4.69) is 27.7 Å². The Labute approximate surface area is 455 Å². The zero-order valence-corrected chi connectivity index (χ0v) is 47.8. The molecule has 75 heavy (non-hydrogen) atoms. The van der Waals surface area contributed by atoms with E-state index >= 15 is 0 Å². The van der Waals surface area contributed by atoms with Crippen LogP contribution in [0.3, 0.4) is 0 Å². The maximum Gasteiger partial charge on any atom is 0.311 e. The van der Waals surface area contributed by atoms with E-state index in [9.17, 15) is 50.4 Å². The summed E-state index contributed by atoms with van der Waals surface area (Å²) in [4.78, 5) is 27.5. The van der Waals surface area contributed by atoms with Gasteiger partial charge in [0.05, 0.1) is 24.0 Å². The molecule has 0 aliphatic carbocycles. The van der Waals surface area contributed by atoms with Crippen LogP contribution in [0, 0.1) is 11.8 Å². The lowest BCUT2D eigenvalue weighted by Gasteiger charge is -2.44. The second-order valence-corrected chi connectivity index (χ2v) is 22.5. The van der Waals surface area contributed by atoms with E-state index in [-0.39, 0.29) is 0 Å². The lowest BCUT2D eigenvalue weighted by molar-refractivity contribution is -0.376. The first-order valence-electron chi connectivity index (χ1n) is 31.1. The Morgan fingerprint density at radius 2 is 0.587 bits per heavy atom. The van der Waals surface area contributed by atoms with Crippen LogP contribution >= 0.6 is 0 Å². The maximum atomic E-state index is 13.7. The molecule has 0 aromatic carbocycles. The molecule has 15 heteroatoms. The number of carbonyl (C=O) groups is 2. The Morgan fingerprint density at radius 3 is 0.853 bits per heavy atom. The van der Waals surface area contributed by atoms with Gasteiger partial charge in [0.15, 0.2) is 12.6 Å². The molecule has 8 N–H and O–H groups in total. The van der Waals surface area contributed by atoms with E-state index in [1.807, 2.05) is 0 Å². The van der Waals surface area contributed by atoms with Gasteiger partial charge in [-0.25, -0.2) is 0 Å². The molecule has 2 saturated heterocycles. The topological polar surface area (TPSA) is 242 Å². The normalized spacial score (nSPS) is 25.7. The molecule has 15 nitrogen and oxygen atoms in total. The van der Waals surface area contributed by atoms with Crippen molar-refractivity contribution in [2.75, 3.05) is 13.2 Å². The first kappa shape index (κ1) is 69.6. The van der Waals surface area contributed by atoms with Crippen LogP contribution in [0.2, 0.25) is 0 Å². The van der Waals surface area contributed by atoms with Gasteiger partial charge in [-0.1, -0.05) is 246 Å². The van der Waals surface area contributed by atoms with Gasteiger partial charge in [0.25, 0.3) is 0 Å². The van der Waals surface area contributed by atoms with Gasteiger partial charge in [-0.05, 0) is 25.7 Å². The number of aliphatic hydroxyl groups is 8. The van der Waals surface area contributed by atoms with Crippen molar-refractivity contribution in [3.8, 4) is 0 Å². The van der Waals surface area contributed by atoms with Crippen molar-refractivity contribution in [2.45, 2.75) is 345 Å². The third-order valence-corrected chi connectivity index (χ3v) is 15.9. The van der Waals surface area contributed by atoms with Crippen molar-refractivity contribution in [2.24, 2.45) is 11.8 Å². The number of ether oxygens (including phenoxy) is 5. The summed E-state index contributed by atoms with van der Waals surface area (Å²) in [6.45, 7) is 7.68. The number of aliphatic hydroxyl groups excluding tert-OH is 8. The third kappa shape index (κ3) is 29.5. The van der Waals surface area contributed by atoms with Crippen molar-refractivity contribution in [3.63, 3.8) is 0 Å². The van der Waals surface area contributed by atoms with Gasteiger partial charge >= 0.3 is 11.9 Å². The third-order valence-electron chi connectivity index (χ3n) is 15.9. The lowest BCUT2D eigenvalue weighted by Crippen LogP contribution is -2.64. The zero-order chi connectivity index (χ0) is 55.1. The molecule has 0 saturated carbocycles. The largest absolute Gasteiger partial charge is 0.463 e. The van der Waals surface area contributed by atoms with Gasteiger partial charge in [0.2, 0.25) is 0 Å². The summed E-state index contributed by atoms with van der Waals surface area (Å²) in [6, 6.07) is 0. The van der Waals surface area contributed by atoms with Crippen molar-refractivity contribution < 1.29 is 74.1 Å². The highest BCUT2D eigenvalue weighted by Crippen LogP contribution is 2.31. The Morgan fingerprint density at radius 1 is 0.347 bits per heavy atom. The fourth-order valence-electron chi connectivity index (χ4n) is 10.7. The highest BCUT2D eigenvalue weighted by Gasteiger charge is 2.50. The molecule has 0 bridgehead atoms. The van der Waals surface area contributed by atoms with E-state index in [1.165, 1.54) is 116 Å². The molecule has 2 aliphatic heterocycles. The fourth-order valence-corrected chi connectivity index (χ4v) is 10.7. The molecule has 2 fully saturated rings. The number of esters is 2. The van der Waals surface area contributed by atoms with Crippen molar-refractivity contribution >= 4 is 11.9 Å². The highest BCUT2D eigenvalue weighted by molar-refractivity contribution is 5.73. The molecule has 2 aliphatic rings. The van der Waals surface area contributed by atoms with Crippen LogP contribution in [0.5, 0.6) is 0 Å². The minimum atomic E-state index is -1.89. The lowest BCUT2D eigenvalue weighted by atomic mass is 9.91. The molecule has 2 heterocycles. The minimum absolute atomic E-state index is 0.426. The molecule has 0 radical (unpaired) electrons. The molecule has 444 valence electrons. The van der Waals surface area contributed by atoms with Gasteiger partial charge in [0, 0.05) is 0 Å². The minimum Gasteiger partial charge on any atom is -0.463 e. The Bertz CT molecular complexity index is 1260. The predicted octanol–water partition coefficient (Wildman–Crippen LogP) is 10.6. The average molecular weight is 1080 g/mol. The molecule has 0 aromatic heterocycles. The van der Waals surface area contributed by atoms with E-state index in [0.29, 0.717) is 25.7 Å². The smallest absolute Gasteiger partial charge is 0.311 e. The van der Waals surface area contributed by atoms with Gasteiger partial charge in [0.1, 0.15) is 62.0 Å². The quantitative estimate of drug-likeness (QED) is 0.0209. The van der Waals surface area contributed by atoms with Crippen molar-refractivity contribution in [3.05, 3.63) is 0 Å². The first-order valence-corrected chi connectivity index (χ1v) is 31.1. The summed E-state index contributed by atoms with van der Waals surface area (Å²) >= 11 is 0. The first-order chi connectivity index (χ1) is 36.3. The number of rotatable bonds is 48. The SMILES string of the molecule is CCCCCCCCCCC[C@@H](O)[C@@H](CCCCCCCCCC)C(=O)OC[C@H]1O[C@H](O[C@H]2O[C@H](COC(=O)[C@H](CCCCCCCCCC)[C@H](O)CCCCCCCCCCC)[C@@H](O)[C@H](O)[C@H]2O)[C@H](O)[C@@H](O)[C@@H]1O. The maximum absolute atomic E-state index is 13.7. The second-order valence-electron chi connectivity index (χ2n) is 22.5. The number of hydrogen-bond acceptors (Lipinski definition) is 15. The zero-order valence-electron chi connectivity index (χ0n) is 47.8. The van der Waals surface area contributed by atoms with Crippen LogP contribution < -0.4 is 0 Å². The molecule has 14 atom stereocenters. The molecule has 0 unspecified atom stereocenters. The highest BCUT2D eigenvalue weighted by atomic mass is 16.8. The molecule has 0 spiro atoms. The van der Waals surface area contributed by atoms with Crippen LogP contribution in [0.4, 0.5) is 0 Å². The molecular weight excluding hydrogens is 961 g/mol. The summed E-state index contributed by atoms with van der Waals surface area (Å²) in [5.74, 6) is -2.94. The molecule has 2 rings (SSSR count). The van der Waals surface area contributed by atoms with Crippen LogP contribution in [0.25, 0.3) is 0 Å². The van der Waals surface area contributed by atoms with E-state index in [0.717, 1.165) is 103 Å². The number of unbranched alkanes of at least 4 members (excludes halogenated alkanes) is 30. The van der Waals surface area contributed by atoms with Crippen LogP contribution in [-0.4, -0.2) is 140 Å². The molecular formula is C60H114O15. The van der Waals surface area contributed by atoms with Crippen molar-refractivity contribution in [1.82, 2.24) is 0 Å². The van der Waals surface area contributed by atoms with Gasteiger partial charge < -0.3 is 64.5 Å². The van der Waals surface area contributed by atoms with E-state index in [4.69, 9.17) is 23.7 Å². The van der Waals surface area contributed by atoms with Gasteiger partial charge in [-0.15, -0.1) is 0 Å². The van der Waals surface area contributed by atoms with Crippen LogP contribution in [0.1, 0.15) is 272 Å². The second kappa shape index (κ2) is 44.3. The van der Waals surface area contributed by atoms with Gasteiger partial charge in [-0.2, -0.15) is 0 Å². The van der Waals surface area contributed by atoms with E-state index in [1.54, 1.807) is 0 Å². The Balaban J connectivity index is 2.06. The van der Waals surface area contributed by atoms with Gasteiger partial charge in [-0.3, -0.25) is 9.59 Å². The van der Waals surface area contributed by atoms with Crippen molar-refractivity contribution in [1.29, 1.82) is 0 Å². The molecule has 0 amide bonds. The monoisotopic (exact) mass is 1070 g/mol. The summed E-state index contributed by atoms with van der Waals surface area (Å²) < 4.78 is 28.9. The summed E-state index contributed by atoms with van der Waals surface area (Å²) in [5, 5.41) is 88.5. The summed E-state index contributed by atoms with van der Waals surface area (Å²) in [7, 11) is 0. The van der Waals surface area contributed by atoms with Crippen LogP contribution in [0.15, 0.2) is 0 Å². The van der Waals surface area contributed by atoms with E-state index < -0.39 is 111 Å². The van der Waals surface area contributed by atoms with Crippen LogP contribution in [-0.2, 0) is 33.3 Å². The Hall–Kier alpha value is -1.50. The molecule has 0 aromatic rings. The average Bonchev–Trinajstić information content (AvgIpc) is 3.40. The fraction of sp³-hybridized carbons (Fsp3) is 0.967. The summed E-state index contributed by atoms with van der Waals surface area (Å²) in [6.07, 6.45) is 19.9. The Kier molecular flexibility index (Phi) is 41.1. The number of hydrogen-bond donors (Lipinski definition) is 8. The summed E-state index contributed by atoms with van der Waals surface area (Å²) in [5.41, 5.74) is 0.